The fraction of sp³-hybridized carbons (Fsp3) is 0.300. The van der Waals surface area contributed by atoms with Gasteiger partial charge in [0.1, 0.15) is 11.5 Å². The molecule has 1 fully saturated rings. The second-order valence-electron chi connectivity index (χ2n) is 6.48. The summed E-state index contributed by atoms with van der Waals surface area (Å²) >= 11 is 0. The molecule has 1 N–H and O–H groups in total. The number of nitrogens with zero attached hydrogens (tertiary/aromatic N) is 1. The summed E-state index contributed by atoms with van der Waals surface area (Å²) in [6, 6.07) is 14.7. The molecule has 2 aromatic rings. The number of carbonyl (C=O) groups is 2. The van der Waals surface area contributed by atoms with Crippen LogP contribution in [-0.4, -0.2) is 37.1 Å². The molecule has 1 atom stereocenters. The zero-order valence-electron chi connectivity index (χ0n) is 14.5. The average molecular weight is 352 g/mol. The minimum absolute atomic E-state index is 0.202. The Morgan fingerprint density at radius 2 is 1.92 bits per heavy atom. The molecule has 3 amide bonds. The lowest BCUT2D eigenvalue weighted by Gasteiger charge is -2.33. The van der Waals surface area contributed by atoms with Crippen LogP contribution in [0, 0.1) is 0 Å². The van der Waals surface area contributed by atoms with Crippen molar-refractivity contribution in [3.05, 3.63) is 59.7 Å². The van der Waals surface area contributed by atoms with Crippen LogP contribution in [0.2, 0.25) is 0 Å². The SMILES string of the molecule is COc1ccc(CCN2C(=O)NC3(CCOc4ccccc43)C2=O)cc1. The van der Waals surface area contributed by atoms with E-state index in [1.807, 2.05) is 48.5 Å². The smallest absolute Gasteiger partial charge is 0.325 e. The molecule has 0 radical (unpaired) electrons. The minimum atomic E-state index is -1.01. The Balaban J connectivity index is 1.54. The third-order valence-corrected chi connectivity index (χ3v) is 5.04. The first-order valence-corrected chi connectivity index (χ1v) is 8.63. The van der Waals surface area contributed by atoms with E-state index in [2.05, 4.69) is 5.32 Å². The van der Waals surface area contributed by atoms with Crippen molar-refractivity contribution >= 4 is 11.9 Å². The number of rotatable bonds is 4. The molecule has 0 aliphatic carbocycles. The highest BCUT2D eigenvalue weighted by molar-refractivity contribution is 6.08. The Hall–Kier alpha value is -3.02. The van der Waals surface area contributed by atoms with E-state index in [9.17, 15) is 9.59 Å². The van der Waals surface area contributed by atoms with Gasteiger partial charge in [0.25, 0.3) is 5.91 Å². The number of fused-ring (bicyclic) bond motifs is 2. The first kappa shape index (κ1) is 16.4. The van der Waals surface area contributed by atoms with Crippen molar-refractivity contribution in [3.8, 4) is 11.5 Å². The number of benzene rings is 2. The minimum Gasteiger partial charge on any atom is -0.497 e. The van der Waals surface area contributed by atoms with E-state index in [1.54, 1.807) is 7.11 Å². The molecule has 134 valence electrons. The molecule has 1 saturated heterocycles. The van der Waals surface area contributed by atoms with Gasteiger partial charge in [0.05, 0.1) is 13.7 Å². The number of amides is 3. The molecule has 0 bridgehead atoms. The maximum Gasteiger partial charge on any atom is 0.325 e. The van der Waals surface area contributed by atoms with E-state index in [0.29, 0.717) is 31.7 Å². The van der Waals surface area contributed by atoms with Crippen LogP contribution in [0.4, 0.5) is 4.79 Å². The number of imide groups is 1. The molecule has 2 heterocycles. The van der Waals surface area contributed by atoms with Crippen LogP contribution in [0.1, 0.15) is 17.5 Å². The van der Waals surface area contributed by atoms with Crippen LogP contribution < -0.4 is 14.8 Å². The van der Waals surface area contributed by atoms with E-state index in [1.165, 1.54) is 4.90 Å². The largest absolute Gasteiger partial charge is 0.497 e. The summed E-state index contributed by atoms with van der Waals surface area (Å²) in [7, 11) is 1.62. The lowest BCUT2D eigenvalue weighted by atomic mass is 9.84. The molecule has 2 aliphatic rings. The number of hydrogen-bond acceptors (Lipinski definition) is 4. The van der Waals surface area contributed by atoms with Crippen LogP contribution in [0.5, 0.6) is 11.5 Å². The van der Waals surface area contributed by atoms with Gasteiger partial charge in [-0.1, -0.05) is 30.3 Å². The summed E-state index contributed by atoms with van der Waals surface area (Å²) in [4.78, 5) is 27.0. The third kappa shape index (κ3) is 2.58. The molecule has 1 unspecified atom stereocenters. The van der Waals surface area contributed by atoms with Gasteiger partial charge < -0.3 is 14.8 Å². The molecule has 1 spiro atoms. The standard InChI is InChI=1S/C20H20N2O4/c1-25-15-8-6-14(7-9-15)10-12-22-18(23)20(21-19(22)24)11-13-26-17-5-3-2-4-16(17)20/h2-9H,10-13H2,1H3,(H,21,24). The molecule has 6 nitrogen and oxygen atoms in total. The summed E-state index contributed by atoms with van der Waals surface area (Å²) in [6.07, 6.45) is 1.03. The Bertz CT molecular complexity index is 849. The van der Waals surface area contributed by atoms with Crippen molar-refractivity contribution < 1.29 is 19.1 Å². The van der Waals surface area contributed by atoms with Gasteiger partial charge >= 0.3 is 6.03 Å². The quantitative estimate of drug-likeness (QED) is 0.859. The van der Waals surface area contributed by atoms with Gasteiger partial charge in [0.2, 0.25) is 0 Å². The van der Waals surface area contributed by atoms with E-state index < -0.39 is 5.54 Å². The normalized spacial score (nSPS) is 21.3. The Morgan fingerprint density at radius 1 is 1.15 bits per heavy atom. The van der Waals surface area contributed by atoms with Crippen LogP contribution >= 0.6 is 0 Å². The van der Waals surface area contributed by atoms with Crippen LogP contribution in [0.25, 0.3) is 0 Å². The lowest BCUT2D eigenvalue weighted by molar-refractivity contribution is -0.132. The maximum atomic E-state index is 13.1. The number of methoxy groups -OCH3 is 1. The van der Waals surface area contributed by atoms with Crippen molar-refractivity contribution in [1.29, 1.82) is 0 Å². The number of carbonyl (C=O) groups excluding carboxylic acids is 2. The topological polar surface area (TPSA) is 67.9 Å². The summed E-state index contributed by atoms with van der Waals surface area (Å²) in [5.41, 5.74) is 0.766. The number of para-hydroxylation sites is 1. The van der Waals surface area contributed by atoms with Crippen LogP contribution in [-0.2, 0) is 16.8 Å². The van der Waals surface area contributed by atoms with E-state index in [0.717, 1.165) is 16.9 Å². The molecule has 2 aromatic carbocycles. The summed E-state index contributed by atoms with van der Waals surface area (Å²) in [6.45, 7) is 0.733. The zero-order chi connectivity index (χ0) is 18.1. The van der Waals surface area contributed by atoms with Gasteiger partial charge in [-0.05, 0) is 30.2 Å². The molecule has 26 heavy (non-hydrogen) atoms. The van der Waals surface area contributed by atoms with Gasteiger partial charge in [-0.15, -0.1) is 0 Å². The Morgan fingerprint density at radius 3 is 2.69 bits per heavy atom. The van der Waals surface area contributed by atoms with Crippen molar-refractivity contribution in [3.63, 3.8) is 0 Å². The second-order valence-corrected chi connectivity index (χ2v) is 6.48. The van der Waals surface area contributed by atoms with E-state index in [4.69, 9.17) is 9.47 Å². The molecule has 0 saturated carbocycles. The molecular formula is C20H20N2O4. The van der Waals surface area contributed by atoms with Crippen LogP contribution in [0.15, 0.2) is 48.5 Å². The predicted octanol–water partition coefficient (Wildman–Crippen LogP) is 2.47. The fourth-order valence-electron chi connectivity index (χ4n) is 3.61. The first-order valence-electron chi connectivity index (χ1n) is 8.63. The van der Waals surface area contributed by atoms with E-state index >= 15 is 0 Å². The van der Waals surface area contributed by atoms with Crippen molar-refractivity contribution in [2.24, 2.45) is 0 Å². The Kier molecular flexibility index (Phi) is 4.03. The highest BCUT2D eigenvalue weighted by atomic mass is 16.5. The molecular weight excluding hydrogens is 332 g/mol. The van der Waals surface area contributed by atoms with Gasteiger partial charge in [-0.2, -0.15) is 0 Å². The molecule has 2 aliphatic heterocycles. The van der Waals surface area contributed by atoms with Crippen molar-refractivity contribution in [1.82, 2.24) is 10.2 Å². The summed E-state index contributed by atoms with van der Waals surface area (Å²) in [5, 5.41) is 2.92. The lowest BCUT2D eigenvalue weighted by Crippen LogP contribution is -2.47. The number of ether oxygens (including phenoxy) is 2. The van der Waals surface area contributed by atoms with Gasteiger partial charge in [-0.3, -0.25) is 9.69 Å². The zero-order valence-corrected chi connectivity index (χ0v) is 14.5. The molecule has 0 aromatic heterocycles. The highest BCUT2D eigenvalue weighted by Crippen LogP contribution is 2.40. The summed E-state index contributed by atoms with van der Waals surface area (Å²) < 4.78 is 10.8. The average Bonchev–Trinajstić information content (AvgIpc) is 2.91. The van der Waals surface area contributed by atoms with Gasteiger partial charge in [0.15, 0.2) is 5.54 Å². The fourth-order valence-corrected chi connectivity index (χ4v) is 3.61. The third-order valence-electron chi connectivity index (χ3n) is 5.04. The number of urea groups is 1. The highest BCUT2D eigenvalue weighted by Gasteiger charge is 2.54. The number of hydrogen-bond donors (Lipinski definition) is 1. The predicted molar refractivity (Wildman–Crippen MR) is 95.2 cm³/mol. The second kappa shape index (κ2) is 6.37. The molecule has 6 heteroatoms. The summed E-state index contributed by atoms with van der Waals surface area (Å²) in [5.74, 6) is 1.23. The number of nitrogens with one attached hydrogen (secondary N) is 1. The van der Waals surface area contributed by atoms with Crippen LogP contribution in [0.3, 0.4) is 0 Å². The Labute approximate surface area is 151 Å². The van der Waals surface area contributed by atoms with Gasteiger partial charge in [-0.25, -0.2) is 4.79 Å². The van der Waals surface area contributed by atoms with Gasteiger partial charge in [0, 0.05) is 18.5 Å². The molecule has 4 rings (SSSR count). The van der Waals surface area contributed by atoms with E-state index in [-0.39, 0.29) is 11.9 Å². The monoisotopic (exact) mass is 352 g/mol. The van der Waals surface area contributed by atoms with Crippen molar-refractivity contribution in [2.45, 2.75) is 18.4 Å². The van der Waals surface area contributed by atoms with Crippen molar-refractivity contribution in [2.75, 3.05) is 20.3 Å². The first-order chi connectivity index (χ1) is 12.6. The maximum absolute atomic E-state index is 13.1.